The number of thiazole rings is 1. The van der Waals surface area contributed by atoms with Gasteiger partial charge in [0.05, 0.1) is 5.01 Å². The van der Waals surface area contributed by atoms with E-state index in [1.54, 1.807) is 0 Å². The molecule has 0 saturated carbocycles. The smallest absolute Gasteiger partial charge is 0.0896 e. The topological polar surface area (TPSA) is 24.9 Å². The highest BCUT2D eigenvalue weighted by Crippen LogP contribution is 2.23. The Hall–Kier alpha value is -0.710. The van der Waals surface area contributed by atoms with Crippen molar-refractivity contribution in [3.63, 3.8) is 0 Å². The molecule has 1 aromatic carbocycles. The average molecular weight is 367 g/mol. The zero-order chi connectivity index (χ0) is 15.1. The van der Waals surface area contributed by atoms with Gasteiger partial charge in [-0.25, -0.2) is 4.98 Å². The number of nitrogens with one attached hydrogen (secondary N) is 1. The summed E-state index contributed by atoms with van der Waals surface area (Å²) in [4.78, 5) is 5.77. The Morgan fingerprint density at radius 1 is 1.29 bits per heavy atom. The van der Waals surface area contributed by atoms with E-state index in [0.717, 1.165) is 30.9 Å². The second-order valence-electron chi connectivity index (χ2n) is 5.42. The van der Waals surface area contributed by atoms with Crippen LogP contribution in [0.2, 0.25) is 0 Å². The molecular formula is C17H23BrN2S. The number of benzene rings is 1. The summed E-state index contributed by atoms with van der Waals surface area (Å²) < 4.78 is 1.21. The van der Waals surface area contributed by atoms with E-state index in [1.165, 1.54) is 21.3 Å². The van der Waals surface area contributed by atoms with Crippen molar-refractivity contribution in [2.45, 2.75) is 33.1 Å². The molecule has 1 atom stereocenters. The van der Waals surface area contributed by atoms with Gasteiger partial charge in [0.25, 0.3) is 0 Å². The van der Waals surface area contributed by atoms with Crippen molar-refractivity contribution in [1.82, 2.24) is 10.3 Å². The van der Waals surface area contributed by atoms with Crippen LogP contribution in [-0.4, -0.2) is 18.1 Å². The van der Waals surface area contributed by atoms with Gasteiger partial charge in [-0.1, -0.05) is 41.1 Å². The molecule has 4 heteroatoms. The summed E-state index contributed by atoms with van der Waals surface area (Å²) in [5.74, 6) is 0.607. The zero-order valence-electron chi connectivity index (χ0n) is 12.7. The Morgan fingerprint density at radius 3 is 2.76 bits per heavy atom. The quantitative estimate of drug-likeness (QED) is 0.689. The van der Waals surface area contributed by atoms with Crippen LogP contribution in [0, 0.1) is 12.8 Å². The molecule has 2 aromatic rings. The van der Waals surface area contributed by atoms with Crippen LogP contribution in [0.5, 0.6) is 0 Å². The predicted molar refractivity (Wildman–Crippen MR) is 95.1 cm³/mol. The number of nitrogens with zero attached hydrogens (tertiary/aromatic N) is 1. The van der Waals surface area contributed by atoms with Gasteiger partial charge in [-0.05, 0) is 56.8 Å². The number of hydrogen-bond acceptors (Lipinski definition) is 3. The third kappa shape index (κ3) is 5.53. The molecule has 1 N–H and O–H groups in total. The summed E-state index contributed by atoms with van der Waals surface area (Å²) in [5, 5.41) is 4.73. The molecule has 0 spiro atoms. The van der Waals surface area contributed by atoms with E-state index in [2.05, 4.69) is 64.3 Å². The van der Waals surface area contributed by atoms with E-state index in [1.807, 2.05) is 17.5 Å². The van der Waals surface area contributed by atoms with Crippen LogP contribution in [0.3, 0.4) is 0 Å². The van der Waals surface area contributed by atoms with Gasteiger partial charge in [0.1, 0.15) is 0 Å². The standard InChI is InChI=1S/C17H23BrN2S/c1-3-8-19-11-14(10-16-12-20-13(2)21-16)9-15-6-4-5-7-17(15)18/h4-7,12,14,19H,3,8-11H2,1-2H3. The minimum Gasteiger partial charge on any atom is -0.316 e. The molecule has 1 unspecified atom stereocenters. The Kier molecular flexibility index (Phi) is 6.87. The van der Waals surface area contributed by atoms with Gasteiger partial charge in [0.15, 0.2) is 0 Å². The van der Waals surface area contributed by atoms with Crippen LogP contribution in [-0.2, 0) is 12.8 Å². The Bertz CT molecular complexity index is 553. The van der Waals surface area contributed by atoms with E-state index in [4.69, 9.17) is 0 Å². The van der Waals surface area contributed by atoms with E-state index in [9.17, 15) is 0 Å². The lowest BCUT2D eigenvalue weighted by Crippen LogP contribution is -2.26. The molecule has 114 valence electrons. The largest absolute Gasteiger partial charge is 0.316 e. The van der Waals surface area contributed by atoms with Crippen LogP contribution in [0.25, 0.3) is 0 Å². The number of aryl methyl sites for hydroxylation is 1. The van der Waals surface area contributed by atoms with Crippen molar-refractivity contribution >= 4 is 27.3 Å². The summed E-state index contributed by atoms with van der Waals surface area (Å²) in [6.07, 6.45) is 5.41. The fourth-order valence-corrected chi connectivity index (χ4v) is 3.81. The monoisotopic (exact) mass is 366 g/mol. The molecule has 2 nitrogen and oxygen atoms in total. The molecule has 2 rings (SSSR count). The lowest BCUT2D eigenvalue weighted by molar-refractivity contribution is 0.472. The first-order valence-corrected chi connectivity index (χ1v) is 9.15. The van der Waals surface area contributed by atoms with E-state index < -0.39 is 0 Å². The minimum atomic E-state index is 0.607. The van der Waals surface area contributed by atoms with Gasteiger partial charge in [-0.15, -0.1) is 11.3 Å². The molecule has 1 heterocycles. The molecule has 0 aliphatic carbocycles. The van der Waals surface area contributed by atoms with Crippen LogP contribution >= 0.6 is 27.3 Å². The molecule has 0 bridgehead atoms. The van der Waals surface area contributed by atoms with Crippen molar-refractivity contribution in [1.29, 1.82) is 0 Å². The maximum atomic E-state index is 4.38. The third-order valence-electron chi connectivity index (χ3n) is 3.49. The summed E-state index contributed by atoms with van der Waals surface area (Å²) in [6, 6.07) is 8.54. The van der Waals surface area contributed by atoms with Crippen molar-refractivity contribution in [2.75, 3.05) is 13.1 Å². The number of rotatable bonds is 8. The Balaban J connectivity index is 2.02. The molecule has 0 saturated heterocycles. The molecule has 21 heavy (non-hydrogen) atoms. The highest BCUT2D eigenvalue weighted by Gasteiger charge is 2.13. The first-order valence-electron chi connectivity index (χ1n) is 7.54. The highest BCUT2D eigenvalue weighted by atomic mass is 79.9. The van der Waals surface area contributed by atoms with E-state index in [-0.39, 0.29) is 0 Å². The minimum absolute atomic E-state index is 0.607. The molecular weight excluding hydrogens is 344 g/mol. The van der Waals surface area contributed by atoms with Crippen LogP contribution in [0.1, 0.15) is 28.8 Å². The summed E-state index contributed by atoms with van der Waals surface area (Å²) in [6.45, 7) is 6.44. The Labute approximate surface area is 140 Å². The predicted octanol–water partition coefficient (Wildman–Crippen LogP) is 4.62. The van der Waals surface area contributed by atoms with Crippen LogP contribution in [0.15, 0.2) is 34.9 Å². The van der Waals surface area contributed by atoms with Crippen LogP contribution in [0.4, 0.5) is 0 Å². The van der Waals surface area contributed by atoms with Gasteiger partial charge in [-0.2, -0.15) is 0 Å². The molecule has 0 fully saturated rings. The lowest BCUT2D eigenvalue weighted by atomic mass is 9.95. The molecule has 1 aromatic heterocycles. The second-order valence-corrected chi connectivity index (χ2v) is 7.59. The van der Waals surface area contributed by atoms with Crippen molar-refractivity contribution < 1.29 is 0 Å². The lowest BCUT2D eigenvalue weighted by Gasteiger charge is -2.17. The van der Waals surface area contributed by atoms with Crippen LogP contribution < -0.4 is 5.32 Å². The normalized spacial score (nSPS) is 12.5. The average Bonchev–Trinajstić information content (AvgIpc) is 2.87. The van der Waals surface area contributed by atoms with Gasteiger partial charge in [-0.3, -0.25) is 0 Å². The SMILES string of the molecule is CCCNCC(Cc1cnc(C)s1)Cc1ccccc1Br. The fraction of sp³-hybridized carbons (Fsp3) is 0.471. The maximum absolute atomic E-state index is 4.38. The first-order chi connectivity index (χ1) is 10.2. The third-order valence-corrected chi connectivity index (χ3v) is 5.19. The second kappa shape index (κ2) is 8.66. The number of halogens is 1. The number of hydrogen-bond donors (Lipinski definition) is 1. The Morgan fingerprint density at radius 2 is 2.10 bits per heavy atom. The van der Waals surface area contributed by atoms with Crippen molar-refractivity contribution in [3.05, 3.63) is 50.4 Å². The summed E-state index contributed by atoms with van der Waals surface area (Å²) in [5.41, 5.74) is 1.39. The van der Waals surface area contributed by atoms with Gasteiger partial charge >= 0.3 is 0 Å². The van der Waals surface area contributed by atoms with Gasteiger partial charge < -0.3 is 5.32 Å². The van der Waals surface area contributed by atoms with E-state index >= 15 is 0 Å². The maximum Gasteiger partial charge on any atom is 0.0896 e. The van der Waals surface area contributed by atoms with Crippen molar-refractivity contribution in [2.24, 2.45) is 5.92 Å². The molecule has 0 aliphatic heterocycles. The zero-order valence-corrected chi connectivity index (χ0v) is 15.1. The fourth-order valence-electron chi connectivity index (χ4n) is 2.46. The first kappa shape index (κ1) is 16.7. The number of aromatic nitrogens is 1. The molecule has 0 amide bonds. The van der Waals surface area contributed by atoms with Gasteiger partial charge in [0, 0.05) is 15.5 Å². The molecule has 0 aliphatic rings. The summed E-state index contributed by atoms with van der Waals surface area (Å²) >= 11 is 5.49. The highest BCUT2D eigenvalue weighted by molar-refractivity contribution is 9.10. The van der Waals surface area contributed by atoms with Crippen molar-refractivity contribution in [3.8, 4) is 0 Å². The summed E-state index contributed by atoms with van der Waals surface area (Å²) in [7, 11) is 0. The molecule has 0 radical (unpaired) electrons. The van der Waals surface area contributed by atoms with Gasteiger partial charge in [0.2, 0.25) is 0 Å². The van der Waals surface area contributed by atoms with E-state index in [0.29, 0.717) is 5.92 Å².